The van der Waals surface area contributed by atoms with Crippen molar-refractivity contribution in [2.45, 2.75) is 6.10 Å². The molecule has 1 unspecified atom stereocenters. The highest BCUT2D eigenvalue weighted by Gasteiger charge is 2.26. The van der Waals surface area contributed by atoms with Crippen molar-refractivity contribution < 1.29 is 9.13 Å². The molecule has 2 aromatic heterocycles. The van der Waals surface area contributed by atoms with Crippen LogP contribution >= 0.6 is 11.6 Å². The fraction of sp³-hybridized carbons (Fsp3) is 0.250. The highest BCUT2D eigenvalue weighted by atomic mass is 35.5. The SMILES string of the molecule is Cn1c(N2CCOC(c3ccc(F)cc3Cl)C2)nc(-c2ccncc2)cc1=O. The normalized spacial score (nSPS) is 17.0. The van der Waals surface area contributed by atoms with Gasteiger partial charge in [0.15, 0.2) is 0 Å². The van der Waals surface area contributed by atoms with Gasteiger partial charge in [-0.1, -0.05) is 17.7 Å². The van der Waals surface area contributed by atoms with Gasteiger partial charge >= 0.3 is 0 Å². The molecule has 0 saturated carbocycles. The van der Waals surface area contributed by atoms with Crippen LogP contribution in [-0.2, 0) is 11.8 Å². The van der Waals surface area contributed by atoms with E-state index in [1.54, 1.807) is 25.5 Å². The van der Waals surface area contributed by atoms with E-state index >= 15 is 0 Å². The van der Waals surface area contributed by atoms with Crippen LogP contribution in [0.1, 0.15) is 11.7 Å². The van der Waals surface area contributed by atoms with Crippen molar-refractivity contribution in [3.8, 4) is 11.3 Å². The van der Waals surface area contributed by atoms with Gasteiger partial charge in [0.1, 0.15) is 11.9 Å². The van der Waals surface area contributed by atoms with Gasteiger partial charge in [-0.25, -0.2) is 9.37 Å². The second-order valence-electron chi connectivity index (χ2n) is 6.55. The molecule has 1 fully saturated rings. The Morgan fingerprint density at radius 3 is 2.75 bits per heavy atom. The largest absolute Gasteiger partial charge is 0.370 e. The van der Waals surface area contributed by atoms with Crippen LogP contribution in [0.5, 0.6) is 0 Å². The van der Waals surface area contributed by atoms with Crippen molar-refractivity contribution in [1.82, 2.24) is 14.5 Å². The third-order valence-corrected chi connectivity index (χ3v) is 5.07. The molecule has 8 heteroatoms. The topological polar surface area (TPSA) is 60.2 Å². The van der Waals surface area contributed by atoms with Gasteiger partial charge in [-0.15, -0.1) is 0 Å². The monoisotopic (exact) mass is 400 g/mol. The van der Waals surface area contributed by atoms with Crippen LogP contribution in [0.3, 0.4) is 0 Å². The third kappa shape index (κ3) is 3.63. The van der Waals surface area contributed by atoms with Crippen LogP contribution in [0.4, 0.5) is 10.3 Å². The Morgan fingerprint density at radius 1 is 1.21 bits per heavy atom. The number of nitrogens with zero attached hydrogens (tertiary/aromatic N) is 4. The van der Waals surface area contributed by atoms with E-state index in [0.717, 1.165) is 5.56 Å². The Labute approximate surface area is 166 Å². The Kier molecular flexibility index (Phi) is 5.11. The lowest BCUT2D eigenvalue weighted by atomic mass is 10.1. The van der Waals surface area contributed by atoms with E-state index in [-0.39, 0.29) is 11.7 Å². The lowest BCUT2D eigenvalue weighted by molar-refractivity contribution is 0.0390. The summed E-state index contributed by atoms with van der Waals surface area (Å²) in [6, 6.07) is 9.40. The van der Waals surface area contributed by atoms with E-state index in [0.29, 0.717) is 41.9 Å². The number of morpholine rings is 1. The molecule has 6 nitrogen and oxygen atoms in total. The van der Waals surface area contributed by atoms with Crippen LogP contribution in [0.15, 0.2) is 53.6 Å². The van der Waals surface area contributed by atoms with E-state index in [1.165, 1.54) is 22.8 Å². The molecular formula is C20H18ClFN4O2. The number of aromatic nitrogens is 3. The number of benzene rings is 1. The van der Waals surface area contributed by atoms with E-state index in [1.807, 2.05) is 17.0 Å². The number of halogens is 2. The Balaban J connectivity index is 1.68. The maximum Gasteiger partial charge on any atom is 0.255 e. The van der Waals surface area contributed by atoms with Gasteiger partial charge in [0.25, 0.3) is 5.56 Å². The minimum Gasteiger partial charge on any atom is -0.370 e. The average molecular weight is 401 g/mol. The second-order valence-corrected chi connectivity index (χ2v) is 6.95. The zero-order valence-electron chi connectivity index (χ0n) is 15.2. The fourth-order valence-electron chi connectivity index (χ4n) is 3.26. The highest BCUT2D eigenvalue weighted by molar-refractivity contribution is 6.31. The quantitative estimate of drug-likeness (QED) is 0.675. The molecule has 1 saturated heterocycles. The summed E-state index contributed by atoms with van der Waals surface area (Å²) in [7, 11) is 1.69. The zero-order chi connectivity index (χ0) is 19.7. The van der Waals surface area contributed by atoms with Crippen LogP contribution in [0, 0.1) is 5.82 Å². The van der Waals surface area contributed by atoms with Crippen molar-refractivity contribution in [1.29, 1.82) is 0 Å². The number of hydrogen-bond donors (Lipinski definition) is 0. The molecule has 0 spiro atoms. The molecular weight excluding hydrogens is 383 g/mol. The Morgan fingerprint density at radius 2 is 2.00 bits per heavy atom. The number of anilines is 1. The smallest absolute Gasteiger partial charge is 0.255 e. The number of rotatable bonds is 3. The molecule has 1 aliphatic heterocycles. The maximum absolute atomic E-state index is 13.4. The summed E-state index contributed by atoms with van der Waals surface area (Å²) < 4.78 is 20.7. The lowest BCUT2D eigenvalue weighted by Gasteiger charge is -2.35. The minimum atomic E-state index is -0.393. The molecule has 3 aromatic rings. The first-order chi connectivity index (χ1) is 13.5. The number of pyridine rings is 1. The van der Waals surface area contributed by atoms with Gasteiger partial charge in [-0.2, -0.15) is 0 Å². The maximum atomic E-state index is 13.4. The van der Waals surface area contributed by atoms with Crippen molar-refractivity contribution in [2.75, 3.05) is 24.6 Å². The predicted octanol–water partition coefficient (Wildman–Crippen LogP) is 3.21. The first-order valence-electron chi connectivity index (χ1n) is 8.83. The van der Waals surface area contributed by atoms with Crippen molar-refractivity contribution in [2.24, 2.45) is 7.05 Å². The summed E-state index contributed by atoms with van der Waals surface area (Å²) in [5.74, 6) is 0.154. The van der Waals surface area contributed by atoms with Gasteiger partial charge in [0, 0.05) is 48.2 Å². The van der Waals surface area contributed by atoms with Crippen molar-refractivity contribution in [3.63, 3.8) is 0 Å². The summed E-state index contributed by atoms with van der Waals surface area (Å²) in [5, 5.41) is 0.319. The molecule has 0 radical (unpaired) electrons. The third-order valence-electron chi connectivity index (χ3n) is 4.75. The van der Waals surface area contributed by atoms with Crippen molar-refractivity contribution >= 4 is 17.5 Å². The van der Waals surface area contributed by atoms with Gasteiger partial charge in [-0.05, 0) is 24.3 Å². The van der Waals surface area contributed by atoms with E-state index < -0.39 is 5.82 Å². The summed E-state index contributed by atoms with van der Waals surface area (Å²) in [4.78, 5) is 23.2. The van der Waals surface area contributed by atoms with E-state index in [4.69, 9.17) is 21.3 Å². The molecule has 4 rings (SSSR count). The fourth-order valence-corrected chi connectivity index (χ4v) is 3.55. The standard InChI is InChI=1S/C20H18ClFN4O2/c1-25-19(27)11-17(13-4-6-23-7-5-13)24-20(25)26-8-9-28-18(12-26)15-3-2-14(22)10-16(15)21/h2-7,10-11,18H,8-9,12H2,1H3. The van der Waals surface area contributed by atoms with E-state index in [2.05, 4.69) is 4.98 Å². The van der Waals surface area contributed by atoms with E-state index in [9.17, 15) is 9.18 Å². The lowest BCUT2D eigenvalue weighted by Crippen LogP contribution is -2.41. The predicted molar refractivity (Wildman–Crippen MR) is 105 cm³/mol. The zero-order valence-corrected chi connectivity index (χ0v) is 15.9. The first kappa shape index (κ1) is 18.6. The molecule has 3 heterocycles. The molecule has 0 bridgehead atoms. The molecule has 144 valence electrons. The Bertz CT molecular complexity index is 1060. The van der Waals surface area contributed by atoms with Crippen LogP contribution in [0.2, 0.25) is 5.02 Å². The van der Waals surface area contributed by atoms with Crippen LogP contribution in [0.25, 0.3) is 11.3 Å². The minimum absolute atomic E-state index is 0.153. The molecule has 0 aliphatic carbocycles. The molecule has 1 aliphatic rings. The van der Waals surface area contributed by atoms with Crippen molar-refractivity contribution in [3.05, 3.63) is 75.5 Å². The average Bonchev–Trinajstić information content (AvgIpc) is 2.70. The molecule has 1 atom stereocenters. The molecule has 28 heavy (non-hydrogen) atoms. The second kappa shape index (κ2) is 7.69. The van der Waals surface area contributed by atoms with Gasteiger partial charge in [-0.3, -0.25) is 14.3 Å². The Hall–Kier alpha value is -2.77. The molecule has 1 aromatic carbocycles. The van der Waals surface area contributed by atoms with Gasteiger partial charge in [0.05, 0.1) is 18.8 Å². The summed E-state index contributed by atoms with van der Waals surface area (Å²) in [5.41, 5.74) is 1.96. The molecule has 0 amide bonds. The molecule has 0 N–H and O–H groups in total. The van der Waals surface area contributed by atoms with Gasteiger partial charge in [0.2, 0.25) is 5.95 Å². The van der Waals surface area contributed by atoms with Crippen LogP contribution in [-0.4, -0.2) is 34.2 Å². The highest BCUT2D eigenvalue weighted by Crippen LogP contribution is 2.30. The number of hydrogen-bond acceptors (Lipinski definition) is 5. The summed E-state index contributed by atoms with van der Waals surface area (Å²) in [6.45, 7) is 1.47. The summed E-state index contributed by atoms with van der Waals surface area (Å²) in [6.07, 6.45) is 2.98. The van der Waals surface area contributed by atoms with Crippen LogP contribution < -0.4 is 10.5 Å². The number of ether oxygens (including phenoxy) is 1. The van der Waals surface area contributed by atoms with Gasteiger partial charge < -0.3 is 9.64 Å². The first-order valence-corrected chi connectivity index (χ1v) is 9.20. The summed E-state index contributed by atoms with van der Waals surface area (Å²) >= 11 is 6.20.